The summed E-state index contributed by atoms with van der Waals surface area (Å²) in [6, 6.07) is 8.67. The minimum absolute atomic E-state index is 0.121. The first-order chi connectivity index (χ1) is 11.8. The molecule has 0 aliphatic rings. The molecule has 0 amide bonds. The highest BCUT2D eigenvalue weighted by Gasteiger charge is 2.27. The molecule has 2 aromatic carbocycles. The van der Waals surface area contributed by atoms with Crippen LogP contribution in [0.1, 0.15) is 37.3 Å². The number of aromatic hydroxyl groups is 2. The molecular formula is C19H25NO4S. The molecule has 0 aromatic heterocycles. The number of nitrogens with one attached hydrogen (secondary N) is 1. The normalized spacial score (nSPS) is 11.6. The number of sulfonamides is 1. The second kappa shape index (κ2) is 7.89. The van der Waals surface area contributed by atoms with Gasteiger partial charge < -0.3 is 10.2 Å². The van der Waals surface area contributed by atoms with Gasteiger partial charge in [0.05, 0.1) is 5.56 Å². The van der Waals surface area contributed by atoms with E-state index in [4.69, 9.17) is 0 Å². The third-order valence-corrected chi connectivity index (χ3v) is 5.73. The van der Waals surface area contributed by atoms with Crippen LogP contribution in [-0.4, -0.2) is 25.7 Å². The van der Waals surface area contributed by atoms with Crippen LogP contribution in [0.15, 0.2) is 35.2 Å². The van der Waals surface area contributed by atoms with E-state index in [1.165, 1.54) is 13.1 Å². The zero-order valence-electron chi connectivity index (χ0n) is 14.8. The Morgan fingerprint density at radius 2 is 1.84 bits per heavy atom. The summed E-state index contributed by atoms with van der Waals surface area (Å²) in [6.45, 7) is 3.95. The van der Waals surface area contributed by atoms with E-state index in [2.05, 4.69) is 11.6 Å². The smallest absolute Gasteiger partial charge is 0.244 e. The van der Waals surface area contributed by atoms with Gasteiger partial charge in [-0.05, 0) is 44.0 Å². The number of rotatable bonds is 7. The number of aryl methyl sites for hydroxylation is 2. The molecule has 2 rings (SSSR count). The van der Waals surface area contributed by atoms with Gasteiger partial charge in [-0.15, -0.1) is 0 Å². The number of hydrogen-bond donors (Lipinski definition) is 3. The van der Waals surface area contributed by atoms with Crippen molar-refractivity contribution in [2.24, 2.45) is 0 Å². The Hall–Kier alpha value is -2.05. The minimum Gasteiger partial charge on any atom is -0.507 e. The highest BCUT2D eigenvalue weighted by molar-refractivity contribution is 7.89. The molecule has 2 aromatic rings. The van der Waals surface area contributed by atoms with E-state index in [1.54, 1.807) is 18.2 Å². The molecule has 0 heterocycles. The van der Waals surface area contributed by atoms with Crippen LogP contribution >= 0.6 is 0 Å². The van der Waals surface area contributed by atoms with E-state index < -0.39 is 15.8 Å². The van der Waals surface area contributed by atoms with Crippen molar-refractivity contribution in [1.29, 1.82) is 0 Å². The van der Waals surface area contributed by atoms with Crippen LogP contribution in [0.5, 0.6) is 11.5 Å². The topological polar surface area (TPSA) is 86.6 Å². The molecule has 0 saturated carbocycles. The summed E-state index contributed by atoms with van der Waals surface area (Å²) >= 11 is 0. The molecule has 5 nitrogen and oxygen atoms in total. The zero-order chi connectivity index (χ0) is 18.6. The molecule has 0 radical (unpaired) electrons. The molecule has 0 aliphatic carbocycles. The van der Waals surface area contributed by atoms with Crippen LogP contribution in [0.2, 0.25) is 0 Å². The largest absolute Gasteiger partial charge is 0.507 e. The van der Waals surface area contributed by atoms with Crippen LogP contribution in [0.3, 0.4) is 0 Å². The third kappa shape index (κ3) is 4.14. The van der Waals surface area contributed by atoms with Gasteiger partial charge in [0.1, 0.15) is 16.4 Å². The van der Waals surface area contributed by atoms with Gasteiger partial charge in [-0.2, -0.15) is 0 Å². The second-order valence-corrected chi connectivity index (χ2v) is 7.97. The lowest BCUT2D eigenvalue weighted by atomic mass is 9.97. The summed E-state index contributed by atoms with van der Waals surface area (Å²) in [5.74, 6) is -0.531. The van der Waals surface area contributed by atoms with Gasteiger partial charge >= 0.3 is 0 Å². The first kappa shape index (κ1) is 19.3. The van der Waals surface area contributed by atoms with E-state index in [0.29, 0.717) is 17.5 Å². The van der Waals surface area contributed by atoms with Gasteiger partial charge in [-0.25, -0.2) is 13.1 Å². The predicted molar refractivity (Wildman–Crippen MR) is 99.4 cm³/mol. The van der Waals surface area contributed by atoms with Crippen molar-refractivity contribution in [1.82, 2.24) is 4.72 Å². The molecule has 25 heavy (non-hydrogen) atoms. The van der Waals surface area contributed by atoms with Crippen LogP contribution in [0.25, 0.3) is 11.1 Å². The molecule has 3 N–H and O–H groups in total. The Kier molecular flexibility index (Phi) is 6.08. The lowest BCUT2D eigenvalue weighted by Crippen LogP contribution is -2.20. The van der Waals surface area contributed by atoms with Gasteiger partial charge in [-0.1, -0.05) is 49.6 Å². The molecule has 136 valence electrons. The number of phenolic OH excluding ortho intramolecular Hbond substituents is 2. The molecule has 6 heteroatoms. The average molecular weight is 363 g/mol. The predicted octanol–water partition coefficient (Wildman–Crippen LogP) is 3.71. The van der Waals surface area contributed by atoms with E-state index in [9.17, 15) is 18.6 Å². The fourth-order valence-electron chi connectivity index (χ4n) is 2.93. The van der Waals surface area contributed by atoms with Crippen LogP contribution < -0.4 is 4.72 Å². The van der Waals surface area contributed by atoms with Gasteiger partial charge in [0.2, 0.25) is 10.0 Å². The fraction of sp³-hybridized carbons (Fsp3) is 0.368. The highest BCUT2D eigenvalue weighted by atomic mass is 32.2. The summed E-state index contributed by atoms with van der Waals surface area (Å²) < 4.78 is 27.2. The van der Waals surface area contributed by atoms with Crippen LogP contribution in [-0.2, 0) is 16.4 Å². The number of unbranched alkanes of at least 4 members (excludes halogenated alkanes) is 2. The van der Waals surface area contributed by atoms with Crippen molar-refractivity contribution in [3.63, 3.8) is 0 Å². The Morgan fingerprint density at radius 1 is 1.12 bits per heavy atom. The van der Waals surface area contributed by atoms with E-state index in [0.717, 1.165) is 24.8 Å². The van der Waals surface area contributed by atoms with Crippen LogP contribution in [0, 0.1) is 6.92 Å². The molecule has 0 saturated heterocycles. The maximum atomic E-state index is 12.5. The Morgan fingerprint density at radius 3 is 2.44 bits per heavy atom. The Balaban J connectivity index is 2.70. The maximum absolute atomic E-state index is 12.5. The van der Waals surface area contributed by atoms with E-state index in [-0.39, 0.29) is 16.2 Å². The molecule has 0 atom stereocenters. The number of hydrogen-bond acceptors (Lipinski definition) is 4. The number of phenols is 2. The second-order valence-electron chi connectivity index (χ2n) is 6.14. The first-order valence-electron chi connectivity index (χ1n) is 8.40. The molecule has 0 unspecified atom stereocenters. The quantitative estimate of drug-likeness (QED) is 0.655. The molecule has 0 spiro atoms. The van der Waals surface area contributed by atoms with Crippen molar-refractivity contribution in [3.05, 3.63) is 41.5 Å². The SMILES string of the molecule is CCCCCc1cc(O)c(-c2cccc(C)c2)c(O)c1S(=O)(=O)NC. The molecule has 0 bridgehead atoms. The lowest BCUT2D eigenvalue weighted by Gasteiger charge is -2.17. The van der Waals surface area contributed by atoms with Crippen molar-refractivity contribution < 1.29 is 18.6 Å². The summed E-state index contributed by atoms with van der Waals surface area (Å²) in [6.07, 6.45) is 3.19. The van der Waals surface area contributed by atoms with Gasteiger partial charge in [0.15, 0.2) is 0 Å². The first-order valence-corrected chi connectivity index (χ1v) is 9.88. The molecular weight excluding hydrogens is 338 g/mol. The van der Waals surface area contributed by atoms with Crippen molar-refractivity contribution in [3.8, 4) is 22.6 Å². The Labute approximate surface area is 149 Å². The summed E-state index contributed by atoms with van der Waals surface area (Å²) in [4.78, 5) is -0.152. The fourth-order valence-corrected chi connectivity index (χ4v) is 3.99. The monoisotopic (exact) mass is 363 g/mol. The Bertz CT molecular complexity index is 860. The van der Waals surface area contributed by atoms with Crippen molar-refractivity contribution in [2.45, 2.75) is 44.4 Å². The van der Waals surface area contributed by atoms with Gasteiger partial charge in [0.25, 0.3) is 0 Å². The van der Waals surface area contributed by atoms with E-state index >= 15 is 0 Å². The average Bonchev–Trinajstić information content (AvgIpc) is 2.54. The van der Waals surface area contributed by atoms with Crippen LogP contribution in [0.4, 0.5) is 0 Å². The lowest BCUT2D eigenvalue weighted by molar-refractivity contribution is 0.440. The van der Waals surface area contributed by atoms with Crippen molar-refractivity contribution in [2.75, 3.05) is 7.05 Å². The van der Waals surface area contributed by atoms with Crippen molar-refractivity contribution >= 4 is 10.0 Å². The van der Waals surface area contributed by atoms with Gasteiger partial charge in [0, 0.05) is 0 Å². The van der Waals surface area contributed by atoms with E-state index in [1.807, 2.05) is 13.0 Å². The summed E-state index contributed by atoms with van der Waals surface area (Å²) in [5.41, 5.74) is 2.08. The minimum atomic E-state index is -3.87. The maximum Gasteiger partial charge on any atom is 0.244 e. The van der Waals surface area contributed by atoms with Gasteiger partial charge in [-0.3, -0.25) is 0 Å². The standard InChI is InChI=1S/C19H25NO4S/c1-4-5-6-9-15-12-16(21)17(14-10-7-8-13(2)11-14)18(22)19(15)25(23,24)20-3/h7-8,10-12,20-22H,4-6,9H2,1-3H3. The summed E-state index contributed by atoms with van der Waals surface area (Å²) in [5, 5.41) is 21.2. The third-order valence-electron chi connectivity index (χ3n) is 4.20. The zero-order valence-corrected chi connectivity index (χ0v) is 15.7. The number of benzene rings is 2. The molecule has 0 fully saturated rings. The molecule has 0 aliphatic heterocycles. The highest BCUT2D eigenvalue weighted by Crippen LogP contribution is 2.44. The summed E-state index contributed by atoms with van der Waals surface area (Å²) in [7, 11) is -2.56.